The summed E-state index contributed by atoms with van der Waals surface area (Å²) in [6, 6.07) is 9.04. The van der Waals surface area contributed by atoms with Gasteiger partial charge in [0, 0.05) is 17.2 Å². The van der Waals surface area contributed by atoms with Crippen molar-refractivity contribution < 1.29 is 9.32 Å². The quantitative estimate of drug-likeness (QED) is 0.581. The maximum atomic E-state index is 11.3. The van der Waals surface area contributed by atoms with Crippen molar-refractivity contribution in [2.24, 2.45) is 0 Å². The molecule has 0 fully saturated rings. The van der Waals surface area contributed by atoms with Crippen LogP contribution < -0.4 is 0 Å². The Labute approximate surface area is 93.4 Å². The molecule has 0 unspecified atom stereocenters. The lowest BCUT2D eigenvalue weighted by Crippen LogP contribution is -1.92. The molecule has 0 atom stereocenters. The first-order valence-electron chi connectivity index (χ1n) is 4.91. The molecule has 3 nitrogen and oxygen atoms in total. The van der Waals surface area contributed by atoms with Crippen LogP contribution in [0.1, 0.15) is 16.1 Å². The largest absolute Gasteiger partial charge is 0.361 e. The molecule has 1 heterocycles. The van der Waals surface area contributed by atoms with Gasteiger partial charge in [-0.15, -0.1) is 0 Å². The SMILES string of the molecule is C=CC(=O)c1ccc(-c2cc(C)on2)cc1. The molecule has 2 rings (SSSR count). The van der Waals surface area contributed by atoms with Gasteiger partial charge in [-0.1, -0.05) is 36.0 Å². The number of aryl methyl sites for hydroxylation is 1. The Bertz CT molecular complexity index is 523. The Kier molecular flexibility index (Phi) is 2.68. The molecule has 0 saturated carbocycles. The molecule has 0 aliphatic heterocycles. The molecule has 80 valence electrons. The average molecular weight is 213 g/mol. The zero-order chi connectivity index (χ0) is 11.5. The van der Waals surface area contributed by atoms with Gasteiger partial charge in [-0.3, -0.25) is 4.79 Å². The second kappa shape index (κ2) is 4.14. The summed E-state index contributed by atoms with van der Waals surface area (Å²) in [5, 5.41) is 3.90. The second-order valence-corrected chi connectivity index (χ2v) is 3.47. The van der Waals surface area contributed by atoms with E-state index < -0.39 is 0 Å². The molecular weight excluding hydrogens is 202 g/mol. The molecule has 0 bridgehead atoms. The Morgan fingerprint density at radius 1 is 1.38 bits per heavy atom. The highest BCUT2D eigenvalue weighted by Crippen LogP contribution is 2.19. The number of rotatable bonds is 3. The highest BCUT2D eigenvalue weighted by atomic mass is 16.5. The van der Waals surface area contributed by atoms with Crippen molar-refractivity contribution in [2.75, 3.05) is 0 Å². The van der Waals surface area contributed by atoms with Gasteiger partial charge >= 0.3 is 0 Å². The summed E-state index contributed by atoms with van der Waals surface area (Å²) < 4.78 is 4.98. The molecule has 16 heavy (non-hydrogen) atoms. The van der Waals surface area contributed by atoms with Gasteiger partial charge in [0.15, 0.2) is 5.78 Å². The zero-order valence-corrected chi connectivity index (χ0v) is 8.93. The smallest absolute Gasteiger partial charge is 0.185 e. The number of ketones is 1. The lowest BCUT2D eigenvalue weighted by molar-refractivity contribution is 0.104. The number of aromatic nitrogens is 1. The van der Waals surface area contributed by atoms with Crippen LogP contribution in [0.25, 0.3) is 11.3 Å². The number of carbonyl (C=O) groups excluding carboxylic acids is 1. The molecule has 0 aliphatic rings. The zero-order valence-electron chi connectivity index (χ0n) is 8.93. The van der Waals surface area contributed by atoms with Gasteiger partial charge in [-0.05, 0) is 13.0 Å². The van der Waals surface area contributed by atoms with Crippen molar-refractivity contribution in [2.45, 2.75) is 6.92 Å². The van der Waals surface area contributed by atoms with Gasteiger partial charge in [0.05, 0.1) is 0 Å². The predicted molar refractivity (Wildman–Crippen MR) is 61.2 cm³/mol. The summed E-state index contributed by atoms with van der Waals surface area (Å²) in [5.74, 6) is 0.684. The van der Waals surface area contributed by atoms with Crippen molar-refractivity contribution in [3.8, 4) is 11.3 Å². The molecular formula is C13H11NO2. The van der Waals surface area contributed by atoms with E-state index in [-0.39, 0.29) is 5.78 Å². The summed E-state index contributed by atoms with van der Waals surface area (Å²) in [7, 11) is 0. The Balaban J connectivity index is 2.32. The van der Waals surface area contributed by atoms with E-state index in [4.69, 9.17) is 4.52 Å². The first-order valence-corrected chi connectivity index (χ1v) is 4.91. The van der Waals surface area contributed by atoms with Gasteiger partial charge in [0.2, 0.25) is 0 Å². The number of carbonyl (C=O) groups is 1. The van der Waals surface area contributed by atoms with Gasteiger partial charge in [0.1, 0.15) is 11.5 Å². The molecule has 0 aliphatic carbocycles. The van der Waals surface area contributed by atoms with Crippen LogP contribution >= 0.6 is 0 Å². The maximum Gasteiger partial charge on any atom is 0.185 e. The third-order valence-electron chi connectivity index (χ3n) is 2.28. The molecule has 0 amide bonds. The molecule has 1 aromatic heterocycles. The number of benzene rings is 1. The van der Waals surface area contributed by atoms with Crippen LogP contribution in [0.15, 0.2) is 47.5 Å². The van der Waals surface area contributed by atoms with Crippen molar-refractivity contribution in [1.29, 1.82) is 0 Å². The third kappa shape index (κ3) is 1.93. The minimum Gasteiger partial charge on any atom is -0.361 e. The highest BCUT2D eigenvalue weighted by Gasteiger charge is 2.05. The molecule has 0 spiro atoms. The standard InChI is InChI=1S/C13H11NO2/c1-3-13(15)11-6-4-10(5-7-11)12-8-9(2)16-14-12/h3-8H,1H2,2H3. The molecule has 1 aromatic carbocycles. The molecule has 0 radical (unpaired) electrons. The number of allylic oxidation sites excluding steroid dienone is 1. The van der Waals surface area contributed by atoms with Crippen LogP contribution in [0.4, 0.5) is 0 Å². The van der Waals surface area contributed by atoms with Crippen LogP contribution in [0, 0.1) is 6.92 Å². The van der Waals surface area contributed by atoms with E-state index in [2.05, 4.69) is 11.7 Å². The van der Waals surface area contributed by atoms with E-state index in [1.165, 1.54) is 6.08 Å². The summed E-state index contributed by atoms with van der Waals surface area (Å²) in [4.78, 5) is 11.3. The van der Waals surface area contributed by atoms with Crippen LogP contribution in [0.3, 0.4) is 0 Å². The first-order chi connectivity index (χ1) is 7.70. The van der Waals surface area contributed by atoms with Crippen molar-refractivity contribution in [3.63, 3.8) is 0 Å². The maximum absolute atomic E-state index is 11.3. The normalized spacial score (nSPS) is 10.1. The van der Waals surface area contributed by atoms with E-state index in [0.717, 1.165) is 17.0 Å². The minimum atomic E-state index is -0.0807. The van der Waals surface area contributed by atoms with Crippen molar-refractivity contribution in [1.82, 2.24) is 5.16 Å². The van der Waals surface area contributed by atoms with E-state index >= 15 is 0 Å². The van der Waals surface area contributed by atoms with Crippen LogP contribution in [0.2, 0.25) is 0 Å². The minimum absolute atomic E-state index is 0.0807. The molecule has 3 heteroatoms. The predicted octanol–water partition coefficient (Wildman–Crippen LogP) is 3.02. The fraction of sp³-hybridized carbons (Fsp3) is 0.0769. The van der Waals surface area contributed by atoms with E-state index in [9.17, 15) is 4.79 Å². The Morgan fingerprint density at radius 2 is 2.06 bits per heavy atom. The summed E-state index contributed by atoms with van der Waals surface area (Å²) >= 11 is 0. The van der Waals surface area contributed by atoms with Gasteiger partial charge in [0.25, 0.3) is 0 Å². The molecule has 2 aromatic rings. The average Bonchev–Trinajstić information content (AvgIpc) is 2.75. The Morgan fingerprint density at radius 3 is 2.56 bits per heavy atom. The molecule has 0 saturated heterocycles. The van der Waals surface area contributed by atoms with Crippen LogP contribution in [-0.2, 0) is 0 Å². The first kappa shape index (κ1) is 10.4. The Hall–Kier alpha value is -2.16. The fourth-order valence-corrected chi connectivity index (χ4v) is 1.43. The highest BCUT2D eigenvalue weighted by molar-refractivity contribution is 6.04. The van der Waals surface area contributed by atoms with Gasteiger partial charge in [-0.2, -0.15) is 0 Å². The van der Waals surface area contributed by atoms with E-state index in [0.29, 0.717) is 5.56 Å². The number of hydrogen-bond acceptors (Lipinski definition) is 3. The van der Waals surface area contributed by atoms with E-state index in [1.54, 1.807) is 12.1 Å². The number of hydrogen-bond donors (Lipinski definition) is 0. The topological polar surface area (TPSA) is 43.1 Å². The fourth-order valence-electron chi connectivity index (χ4n) is 1.43. The monoisotopic (exact) mass is 213 g/mol. The van der Waals surface area contributed by atoms with Crippen molar-refractivity contribution >= 4 is 5.78 Å². The van der Waals surface area contributed by atoms with Crippen LogP contribution in [-0.4, -0.2) is 10.9 Å². The lowest BCUT2D eigenvalue weighted by atomic mass is 10.1. The molecule has 0 N–H and O–H groups in total. The van der Waals surface area contributed by atoms with E-state index in [1.807, 2.05) is 25.1 Å². The summed E-state index contributed by atoms with van der Waals surface area (Å²) in [5.41, 5.74) is 2.33. The van der Waals surface area contributed by atoms with Gasteiger partial charge < -0.3 is 4.52 Å². The summed E-state index contributed by atoms with van der Waals surface area (Å²) in [6.07, 6.45) is 1.30. The second-order valence-electron chi connectivity index (χ2n) is 3.47. The van der Waals surface area contributed by atoms with Crippen molar-refractivity contribution in [3.05, 3.63) is 54.3 Å². The summed E-state index contributed by atoms with van der Waals surface area (Å²) in [6.45, 7) is 5.28. The van der Waals surface area contributed by atoms with Gasteiger partial charge in [-0.25, -0.2) is 0 Å². The lowest BCUT2D eigenvalue weighted by Gasteiger charge is -1.97. The third-order valence-corrected chi connectivity index (χ3v) is 2.28. The van der Waals surface area contributed by atoms with Crippen LogP contribution in [0.5, 0.6) is 0 Å². The number of nitrogens with zero attached hydrogens (tertiary/aromatic N) is 1.